The molecule has 10 heteroatoms. The Morgan fingerprint density at radius 3 is 2.56 bits per heavy atom. The molecule has 2 aromatic carbocycles. The number of aromatic hydroxyl groups is 1. The molecule has 1 unspecified atom stereocenters. The second-order valence-corrected chi connectivity index (χ2v) is 7.25. The zero-order chi connectivity index (χ0) is 19.3. The van der Waals surface area contributed by atoms with Crippen molar-refractivity contribution in [2.24, 2.45) is 5.73 Å². The highest BCUT2D eigenvalue weighted by Gasteiger charge is 2.18. The first-order valence-electron chi connectivity index (χ1n) is 7.59. The summed E-state index contributed by atoms with van der Waals surface area (Å²) in [5.41, 5.74) is 6.02. The van der Waals surface area contributed by atoms with Crippen LogP contribution in [0.1, 0.15) is 12.5 Å². The Bertz CT molecular complexity index is 848. The van der Waals surface area contributed by atoms with Crippen LogP contribution in [0.4, 0.5) is 0 Å². The molecule has 0 spiro atoms. The van der Waals surface area contributed by atoms with Crippen molar-refractivity contribution in [3.63, 3.8) is 0 Å². The number of phenols is 1. The molecule has 3 N–H and O–H groups in total. The van der Waals surface area contributed by atoms with Gasteiger partial charge in [0.2, 0.25) is 0 Å². The molecule has 0 saturated carbocycles. The van der Waals surface area contributed by atoms with E-state index in [9.17, 15) is 14.1 Å². The van der Waals surface area contributed by atoms with E-state index < -0.39 is 16.8 Å². The summed E-state index contributed by atoms with van der Waals surface area (Å²) in [5.74, 6) is -0.329. The summed E-state index contributed by atoms with van der Waals surface area (Å²) in [7, 11) is -1.64. The van der Waals surface area contributed by atoms with Gasteiger partial charge in [-0.15, -0.1) is 12.4 Å². The Kier molecular flexibility index (Phi) is 9.35. The number of rotatable bonds is 7. The minimum atomic E-state index is -1.64. The summed E-state index contributed by atoms with van der Waals surface area (Å²) >= 11 is 12.4. The number of halogens is 3. The number of nitrogens with two attached hydrogens (primary N) is 1. The SMILES string of the molecule is CCOC(=O)COc1ccc(S(=O)c2ccc(O)c(CN)c2)c(Cl)c1Cl.Cl. The monoisotopic (exact) mass is 453 g/mol. The van der Waals surface area contributed by atoms with Gasteiger partial charge in [0.1, 0.15) is 16.5 Å². The number of carbonyl (C=O) groups is 1. The molecular weight excluding hydrogens is 437 g/mol. The third-order valence-corrected chi connectivity index (χ3v) is 5.75. The van der Waals surface area contributed by atoms with Gasteiger partial charge in [-0.2, -0.15) is 0 Å². The molecule has 0 aliphatic heterocycles. The van der Waals surface area contributed by atoms with Gasteiger partial charge in [-0.1, -0.05) is 23.2 Å². The lowest BCUT2D eigenvalue weighted by Gasteiger charge is -2.12. The normalized spacial score (nSPS) is 11.4. The third-order valence-electron chi connectivity index (χ3n) is 3.35. The fourth-order valence-corrected chi connectivity index (χ4v) is 3.87. The Morgan fingerprint density at radius 2 is 1.93 bits per heavy atom. The average molecular weight is 455 g/mol. The zero-order valence-corrected chi connectivity index (χ0v) is 17.4. The van der Waals surface area contributed by atoms with Crippen molar-refractivity contribution in [3.05, 3.63) is 45.9 Å². The first kappa shape index (κ1) is 23.5. The van der Waals surface area contributed by atoms with E-state index >= 15 is 0 Å². The Morgan fingerprint density at radius 1 is 1.22 bits per heavy atom. The highest BCUT2D eigenvalue weighted by Crippen LogP contribution is 2.38. The zero-order valence-electron chi connectivity index (χ0n) is 14.2. The highest BCUT2D eigenvalue weighted by molar-refractivity contribution is 7.85. The maximum absolute atomic E-state index is 12.8. The second-order valence-electron chi connectivity index (χ2n) is 5.05. The van der Waals surface area contributed by atoms with Crippen LogP contribution in [-0.4, -0.2) is 28.5 Å². The van der Waals surface area contributed by atoms with Gasteiger partial charge in [0.25, 0.3) is 0 Å². The van der Waals surface area contributed by atoms with Crippen molar-refractivity contribution in [2.45, 2.75) is 23.3 Å². The molecule has 0 radical (unpaired) electrons. The number of hydrogen-bond donors (Lipinski definition) is 2. The van der Waals surface area contributed by atoms with Gasteiger partial charge < -0.3 is 20.3 Å². The number of benzene rings is 2. The molecular formula is C17H18Cl3NO5S. The van der Waals surface area contributed by atoms with Crippen molar-refractivity contribution in [1.29, 1.82) is 0 Å². The summed E-state index contributed by atoms with van der Waals surface area (Å²) < 4.78 is 22.8. The van der Waals surface area contributed by atoms with E-state index in [1.165, 1.54) is 24.3 Å². The molecule has 6 nitrogen and oxygen atoms in total. The predicted molar refractivity (Wildman–Crippen MR) is 107 cm³/mol. The Hall–Kier alpha value is -1.51. The van der Waals surface area contributed by atoms with Crippen LogP contribution in [0.5, 0.6) is 11.5 Å². The van der Waals surface area contributed by atoms with Crippen molar-refractivity contribution in [1.82, 2.24) is 0 Å². The molecule has 0 heterocycles. The fourth-order valence-electron chi connectivity index (χ4n) is 2.08. The van der Waals surface area contributed by atoms with E-state index in [0.29, 0.717) is 10.5 Å². The van der Waals surface area contributed by atoms with Crippen LogP contribution in [0.3, 0.4) is 0 Å². The van der Waals surface area contributed by atoms with E-state index in [1.807, 2.05) is 0 Å². The van der Waals surface area contributed by atoms with Gasteiger partial charge in [-0.25, -0.2) is 9.00 Å². The molecule has 1 atom stereocenters. The van der Waals surface area contributed by atoms with Crippen LogP contribution in [0.25, 0.3) is 0 Å². The standard InChI is InChI=1S/C17H17Cl2NO5S.ClH/c1-2-24-15(22)9-25-13-5-6-14(17(19)16(13)18)26(23)11-3-4-12(21)10(7-11)8-20;/h3-7,21H,2,8-9,20H2,1H3;1H. The summed E-state index contributed by atoms with van der Waals surface area (Å²) in [4.78, 5) is 12.0. The lowest BCUT2D eigenvalue weighted by Crippen LogP contribution is -2.14. The van der Waals surface area contributed by atoms with Gasteiger partial charge in [-0.05, 0) is 37.3 Å². The number of hydrogen-bond acceptors (Lipinski definition) is 6. The molecule has 148 valence electrons. The number of ether oxygens (including phenoxy) is 2. The molecule has 0 fully saturated rings. The van der Waals surface area contributed by atoms with E-state index in [-0.39, 0.29) is 58.6 Å². The van der Waals surface area contributed by atoms with E-state index in [4.69, 9.17) is 38.4 Å². The topological polar surface area (TPSA) is 98.8 Å². The molecule has 0 saturated heterocycles. The first-order valence-corrected chi connectivity index (χ1v) is 9.49. The number of esters is 1. The summed E-state index contributed by atoms with van der Waals surface area (Å²) in [6.45, 7) is 1.72. The summed E-state index contributed by atoms with van der Waals surface area (Å²) in [6, 6.07) is 7.45. The number of carbonyl (C=O) groups excluding carboxylic acids is 1. The molecule has 0 amide bonds. The largest absolute Gasteiger partial charge is 0.508 e. The first-order chi connectivity index (χ1) is 12.4. The molecule has 0 aliphatic rings. The summed E-state index contributed by atoms with van der Waals surface area (Å²) in [5, 5.41) is 9.78. The van der Waals surface area contributed by atoms with Crippen LogP contribution >= 0.6 is 35.6 Å². The van der Waals surface area contributed by atoms with Gasteiger partial charge in [0, 0.05) is 17.0 Å². The summed E-state index contributed by atoms with van der Waals surface area (Å²) in [6.07, 6.45) is 0. The Labute approximate surface area is 175 Å². The molecule has 2 aromatic rings. The average Bonchev–Trinajstić information content (AvgIpc) is 2.63. The second kappa shape index (κ2) is 10.7. The Balaban J connectivity index is 0.00000364. The van der Waals surface area contributed by atoms with E-state index in [0.717, 1.165) is 0 Å². The van der Waals surface area contributed by atoms with Crippen molar-refractivity contribution < 1.29 is 23.6 Å². The quantitative estimate of drug-likeness (QED) is 0.619. The van der Waals surface area contributed by atoms with Crippen LogP contribution < -0.4 is 10.5 Å². The maximum atomic E-state index is 12.8. The minimum Gasteiger partial charge on any atom is -0.508 e. The molecule has 0 bridgehead atoms. The molecule has 0 aromatic heterocycles. The molecule has 27 heavy (non-hydrogen) atoms. The van der Waals surface area contributed by atoms with Crippen LogP contribution in [0, 0.1) is 0 Å². The number of phenolic OH excluding ortho intramolecular Hbond substituents is 1. The van der Waals surface area contributed by atoms with Crippen LogP contribution in [-0.2, 0) is 26.9 Å². The van der Waals surface area contributed by atoms with Gasteiger partial charge in [0.15, 0.2) is 6.61 Å². The molecule has 0 aliphatic carbocycles. The predicted octanol–water partition coefficient (Wildman–Crippen LogP) is 3.69. The van der Waals surface area contributed by atoms with Crippen molar-refractivity contribution >= 4 is 52.4 Å². The maximum Gasteiger partial charge on any atom is 0.344 e. The third kappa shape index (κ3) is 5.73. The van der Waals surface area contributed by atoms with Crippen molar-refractivity contribution in [2.75, 3.05) is 13.2 Å². The van der Waals surface area contributed by atoms with Crippen molar-refractivity contribution in [3.8, 4) is 11.5 Å². The van der Waals surface area contributed by atoms with E-state index in [2.05, 4.69) is 0 Å². The fraction of sp³-hybridized carbons (Fsp3) is 0.235. The van der Waals surface area contributed by atoms with E-state index in [1.54, 1.807) is 13.0 Å². The van der Waals surface area contributed by atoms with Gasteiger partial charge >= 0.3 is 5.97 Å². The minimum absolute atomic E-state index is 0. The van der Waals surface area contributed by atoms with Crippen LogP contribution in [0.2, 0.25) is 10.0 Å². The van der Waals surface area contributed by atoms with Crippen LogP contribution in [0.15, 0.2) is 40.1 Å². The van der Waals surface area contributed by atoms with Gasteiger partial charge in [-0.3, -0.25) is 0 Å². The lowest BCUT2D eigenvalue weighted by atomic mass is 10.2. The molecule has 2 rings (SSSR count). The smallest absolute Gasteiger partial charge is 0.344 e. The highest BCUT2D eigenvalue weighted by atomic mass is 35.5. The van der Waals surface area contributed by atoms with Gasteiger partial charge in [0.05, 0.1) is 27.3 Å². The lowest BCUT2D eigenvalue weighted by molar-refractivity contribution is -0.145.